The van der Waals surface area contributed by atoms with Crippen LogP contribution in [0.15, 0.2) is 79.1 Å². The maximum Gasteiger partial charge on any atom is 0.166 e. The third-order valence-electron chi connectivity index (χ3n) is 8.09. The van der Waals surface area contributed by atoms with E-state index in [4.69, 9.17) is 4.74 Å². The third kappa shape index (κ3) is 6.47. The van der Waals surface area contributed by atoms with Gasteiger partial charge in [-0.05, 0) is 73.7 Å². The molecule has 8 heteroatoms. The van der Waals surface area contributed by atoms with Crippen molar-refractivity contribution in [2.24, 2.45) is 5.41 Å². The maximum atomic E-state index is 15.3. The summed E-state index contributed by atoms with van der Waals surface area (Å²) in [5.41, 5.74) is 4.29. The number of halogens is 1. The van der Waals surface area contributed by atoms with E-state index >= 15 is 4.39 Å². The second-order valence-corrected chi connectivity index (χ2v) is 12.5. The Kier molecular flexibility index (Phi) is 8.64. The number of nitrogens with zero attached hydrogens (tertiary/aromatic N) is 2. The third-order valence-corrected chi connectivity index (χ3v) is 9.25. The maximum absolute atomic E-state index is 15.3. The summed E-state index contributed by atoms with van der Waals surface area (Å²) in [6.45, 7) is 5.87. The molecule has 44 heavy (non-hydrogen) atoms. The number of nitrogens with one attached hydrogen (secondary N) is 1. The number of thiophene rings is 1. The van der Waals surface area contributed by atoms with Crippen LogP contribution in [0.5, 0.6) is 11.5 Å². The number of aromatic nitrogens is 2. The minimum Gasteiger partial charge on any atom is -0.453 e. The summed E-state index contributed by atoms with van der Waals surface area (Å²) in [6.07, 6.45) is 5.93. The predicted molar refractivity (Wildman–Crippen MR) is 172 cm³/mol. The Bertz CT molecular complexity index is 1810. The molecule has 3 heterocycles. The van der Waals surface area contributed by atoms with Crippen LogP contribution in [-0.4, -0.2) is 28.1 Å². The number of hydrogen-bond donors (Lipinski definition) is 1. The molecule has 1 N–H and O–H groups in total. The molecule has 6 rings (SSSR count). The van der Waals surface area contributed by atoms with E-state index < -0.39 is 11.2 Å². The molecule has 0 radical (unpaired) electrons. The molecule has 0 bridgehead atoms. The summed E-state index contributed by atoms with van der Waals surface area (Å²) in [4.78, 5) is 36.3. The number of aryl methyl sites for hydroxylation is 1. The quantitative estimate of drug-likeness (QED) is 0.109. The van der Waals surface area contributed by atoms with E-state index in [0.717, 1.165) is 57.0 Å². The molecule has 224 valence electrons. The summed E-state index contributed by atoms with van der Waals surface area (Å²) in [7, 11) is 0. The SMILES string of the molecule is CCCNCc1ccc(-c2cc3nccc(Oc4ccc(CC(=O)C5(C(=O)Cc6ccc(C)cc6)CC5)cc4F)c3s2)nc1. The lowest BCUT2D eigenvalue weighted by Gasteiger charge is -2.14. The van der Waals surface area contributed by atoms with Crippen LogP contribution in [0.1, 0.15) is 48.4 Å². The van der Waals surface area contributed by atoms with Gasteiger partial charge in [0.15, 0.2) is 23.1 Å². The standard InChI is InChI=1S/C36H34FN3O3S/c1-3-15-38-21-26-8-10-28(40-22-26)32-20-29-35(44-32)31(12-16-39-29)43-30-11-9-25(17-27(30)37)19-34(42)36(13-14-36)33(41)18-24-6-4-23(2)5-7-24/h4-12,16-17,20,22,38H,3,13-15,18-19,21H2,1-2H3. The molecule has 0 saturated heterocycles. The summed E-state index contributed by atoms with van der Waals surface area (Å²) >= 11 is 1.49. The van der Waals surface area contributed by atoms with E-state index in [2.05, 4.69) is 28.3 Å². The number of carbonyl (C=O) groups excluding carboxylic acids is 2. The van der Waals surface area contributed by atoms with Crippen molar-refractivity contribution in [3.8, 4) is 22.1 Å². The van der Waals surface area contributed by atoms with Gasteiger partial charge in [-0.3, -0.25) is 19.6 Å². The van der Waals surface area contributed by atoms with Gasteiger partial charge in [-0.25, -0.2) is 4.39 Å². The summed E-state index contributed by atoms with van der Waals surface area (Å²) in [5.74, 6) is -0.223. The van der Waals surface area contributed by atoms with Crippen LogP contribution in [0.4, 0.5) is 4.39 Å². The normalized spacial score (nSPS) is 13.6. The zero-order valence-electron chi connectivity index (χ0n) is 24.9. The number of ether oxygens (including phenoxy) is 1. The fourth-order valence-corrected chi connectivity index (χ4v) is 6.36. The number of pyridine rings is 2. The van der Waals surface area contributed by atoms with Crippen molar-refractivity contribution in [2.45, 2.75) is 52.5 Å². The fraction of sp³-hybridized carbons (Fsp3) is 0.278. The van der Waals surface area contributed by atoms with Crippen molar-refractivity contribution in [3.05, 3.63) is 107 Å². The molecule has 1 aliphatic rings. The molecule has 0 amide bonds. The number of rotatable bonds is 13. The molecule has 1 fully saturated rings. The number of benzene rings is 2. The van der Waals surface area contributed by atoms with Gasteiger partial charge in [0.05, 0.1) is 26.2 Å². The Balaban J connectivity index is 1.13. The van der Waals surface area contributed by atoms with Crippen LogP contribution in [0.25, 0.3) is 20.8 Å². The average molecular weight is 608 g/mol. The van der Waals surface area contributed by atoms with Crippen molar-refractivity contribution >= 4 is 33.1 Å². The molecule has 0 atom stereocenters. The van der Waals surface area contributed by atoms with Gasteiger partial charge >= 0.3 is 0 Å². The van der Waals surface area contributed by atoms with Crippen LogP contribution in [-0.2, 0) is 29.0 Å². The first kappa shape index (κ1) is 29.8. The van der Waals surface area contributed by atoms with Crippen LogP contribution < -0.4 is 10.1 Å². The highest BCUT2D eigenvalue weighted by Gasteiger charge is 2.54. The monoisotopic (exact) mass is 607 g/mol. The Morgan fingerprint density at radius 3 is 2.32 bits per heavy atom. The first-order valence-corrected chi connectivity index (χ1v) is 15.8. The minimum atomic E-state index is -0.947. The van der Waals surface area contributed by atoms with Gasteiger partial charge in [0.2, 0.25) is 0 Å². The lowest BCUT2D eigenvalue weighted by molar-refractivity contribution is -0.133. The topological polar surface area (TPSA) is 81.2 Å². The number of carbonyl (C=O) groups is 2. The summed E-state index contributed by atoms with van der Waals surface area (Å²) < 4.78 is 22.1. The zero-order valence-corrected chi connectivity index (χ0v) is 25.7. The van der Waals surface area contributed by atoms with Gasteiger partial charge < -0.3 is 10.1 Å². The Morgan fingerprint density at radius 1 is 0.909 bits per heavy atom. The van der Waals surface area contributed by atoms with Crippen molar-refractivity contribution in [2.75, 3.05) is 6.54 Å². The number of Topliss-reactive ketones (excluding diaryl/α,β-unsaturated/α-hetero) is 2. The van der Waals surface area contributed by atoms with Crippen molar-refractivity contribution in [1.29, 1.82) is 0 Å². The van der Waals surface area contributed by atoms with E-state index in [1.807, 2.05) is 49.5 Å². The Hall–Kier alpha value is -4.27. The van der Waals surface area contributed by atoms with E-state index in [9.17, 15) is 9.59 Å². The summed E-state index contributed by atoms with van der Waals surface area (Å²) in [5, 5.41) is 3.38. The summed E-state index contributed by atoms with van der Waals surface area (Å²) in [6, 6.07) is 20.1. The van der Waals surface area contributed by atoms with E-state index in [1.54, 1.807) is 24.4 Å². The molecule has 1 saturated carbocycles. The van der Waals surface area contributed by atoms with Gasteiger partial charge in [0, 0.05) is 37.8 Å². The molecule has 6 nitrogen and oxygen atoms in total. The Labute approximate surface area is 260 Å². The molecule has 3 aromatic heterocycles. The van der Waals surface area contributed by atoms with Crippen molar-refractivity contribution in [1.82, 2.24) is 15.3 Å². The van der Waals surface area contributed by atoms with Crippen molar-refractivity contribution in [3.63, 3.8) is 0 Å². The molecule has 0 unspecified atom stereocenters. The number of fused-ring (bicyclic) bond motifs is 1. The fourth-order valence-electron chi connectivity index (χ4n) is 5.31. The molecule has 0 spiro atoms. The lowest BCUT2D eigenvalue weighted by atomic mass is 9.87. The van der Waals surface area contributed by atoms with Gasteiger partial charge in [-0.1, -0.05) is 48.9 Å². The first-order valence-electron chi connectivity index (χ1n) is 15.0. The smallest absolute Gasteiger partial charge is 0.166 e. The minimum absolute atomic E-state index is 0.00504. The van der Waals surface area contributed by atoms with Crippen LogP contribution in [0.3, 0.4) is 0 Å². The van der Waals surface area contributed by atoms with E-state index in [0.29, 0.717) is 24.2 Å². The molecule has 1 aliphatic carbocycles. The predicted octanol–water partition coefficient (Wildman–Crippen LogP) is 7.80. The van der Waals surface area contributed by atoms with Crippen molar-refractivity contribution < 1.29 is 18.7 Å². The van der Waals surface area contributed by atoms with Gasteiger partial charge in [0.1, 0.15) is 5.75 Å². The highest BCUT2D eigenvalue weighted by Crippen LogP contribution is 2.49. The molecular formula is C36H34FN3O3S. The lowest BCUT2D eigenvalue weighted by Crippen LogP contribution is -2.28. The highest BCUT2D eigenvalue weighted by atomic mass is 32.1. The Morgan fingerprint density at radius 2 is 1.64 bits per heavy atom. The van der Waals surface area contributed by atoms with Crippen LogP contribution in [0, 0.1) is 18.2 Å². The molecule has 0 aliphatic heterocycles. The average Bonchev–Trinajstić information content (AvgIpc) is 3.73. The molecule has 2 aromatic carbocycles. The number of ketones is 2. The van der Waals surface area contributed by atoms with Gasteiger partial charge in [-0.15, -0.1) is 11.3 Å². The van der Waals surface area contributed by atoms with Gasteiger partial charge in [-0.2, -0.15) is 0 Å². The second kappa shape index (κ2) is 12.8. The second-order valence-electron chi connectivity index (χ2n) is 11.5. The van der Waals surface area contributed by atoms with E-state index in [-0.39, 0.29) is 30.2 Å². The van der Waals surface area contributed by atoms with Crippen LogP contribution >= 0.6 is 11.3 Å². The zero-order chi connectivity index (χ0) is 30.7. The van der Waals surface area contributed by atoms with E-state index in [1.165, 1.54) is 17.4 Å². The first-order chi connectivity index (χ1) is 21.3. The highest BCUT2D eigenvalue weighted by molar-refractivity contribution is 7.22. The van der Waals surface area contributed by atoms with Gasteiger partial charge in [0.25, 0.3) is 0 Å². The molecular weight excluding hydrogens is 573 g/mol. The largest absolute Gasteiger partial charge is 0.453 e. The van der Waals surface area contributed by atoms with Crippen LogP contribution in [0.2, 0.25) is 0 Å². The molecule has 5 aromatic rings. The number of hydrogen-bond acceptors (Lipinski definition) is 7.